The third-order valence-electron chi connectivity index (χ3n) is 1.60. The average molecular weight is 173 g/mol. The Morgan fingerprint density at radius 1 is 1.46 bits per heavy atom. The highest BCUT2D eigenvalue weighted by atomic mass is 16.2. The first kappa shape index (κ1) is 7.77. The molecule has 0 fully saturated rings. The van der Waals surface area contributed by atoms with Crippen LogP contribution in [0.4, 0.5) is 0 Å². The number of rotatable bonds is 0. The van der Waals surface area contributed by atoms with E-state index in [1.165, 1.54) is 0 Å². The minimum Gasteiger partial charge on any atom is -0.384 e. The molecule has 13 heavy (non-hydrogen) atoms. The van der Waals surface area contributed by atoms with Crippen LogP contribution < -0.4 is 0 Å². The largest absolute Gasteiger partial charge is 0.384 e. The van der Waals surface area contributed by atoms with Gasteiger partial charge < -0.3 is 5.11 Å². The van der Waals surface area contributed by atoms with E-state index in [0.717, 1.165) is 16.6 Å². The first-order valence-corrected chi connectivity index (χ1v) is 3.79. The number of aliphatic hydroxyl groups excluding tert-OH is 1. The topological polar surface area (TPSA) is 61.8 Å². The minimum atomic E-state index is -0.135. The highest BCUT2D eigenvalue weighted by molar-refractivity contribution is 5.75. The fraction of sp³-hybridized carbons (Fsp3) is 0.111. The SMILES string of the molecule is OCC#Cc1cnc2[nH]ncc2c1. The lowest BCUT2D eigenvalue weighted by molar-refractivity contribution is 0.350. The van der Waals surface area contributed by atoms with Crippen LogP contribution >= 0.6 is 0 Å². The van der Waals surface area contributed by atoms with Gasteiger partial charge in [0.15, 0.2) is 5.65 Å². The highest BCUT2D eigenvalue weighted by Gasteiger charge is 1.95. The molecule has 2 N–H and O–H groups in total. The van der Waals surface area contributed by atoms with Crippen molar-refractivity contribution in [2.24, 2.45) is 0 Å². The van der Waals surface area contributed by atoms with E-state index in [2.05, 4.69) is 27.0 Å². The van der Waals surface area contributed by atoms with Gasteiger partial charge in [0.1, 0.15) is 6.61 Å². The lowest BCUT2D eigenvalue weighted by Crippen LogP contribution is -1.80. The average Bonchev–Trinajstić information content (AvgIpc) is 2.61. The van der Waals surface area contributed by atoms with Gasteiger partial charge in [-0.1, -0.05) is 11.8 Å². The standard InChI is InChI=1S/C9H7N3O/c13-3-1-2-7-4-8-6-11-12-9(8)10-5-7/h4-6,13H,3H2,(H,10,11,12). The molecule has 4 nitrogen and oxygen atoms in total. The summed E-state index contributed by atoms with van der Waals surface area (Å²) in [5.74, 6) is 5.33. The molecule has 0 aliphatic heterocycles. The van der Waals surface area contributed by atoms with Gasteiger partial charge in [0.05, 0.1) is 6.20 Å². The molecule has 0 aliphatic rings. The number of nitrogens with one attached hydrogen (secondary N) is 1. The summed E-state index contributed by atoms with van der Waals surface area (Å²) in [5, 5.41) is 16.0. The Bertz CT molecular complexity index is 478. The number of aromatic amines is 1. The van der Waals surface area contributed by atoms with Gasteiger partial charge in [-0.3, -0.25) is 5.10 Å². The number of nitrogens with zero attached hydrogens (tertiary/aromatic N) is 2. The number of hydrogen-bond donors (Lipinski definition) is 2. The van der Waals surface area contributed by atoms with Gasteiger partial charge >= 0.3 is 0 Å². The van der Waals surface area contributed by atoms with Crippen molar-refractivity contribution >= 4 is 11.0 Å². The summed E-state index contributed by atoms with van der Waals surface area (Å²) >= 11 is 0. The zero-order chi connectivity index (χ0) is 9.10. The summed E-state index contributed by atoms with van der Waals surface area (Å²) < 4.78 is 0. The Kier molecular flexibility index (Phi) is 1.94. The molecule has 4 heteroatoms. The van der Waals surface area contributed by atoms with Crippen molar-refractivity contribution < 1.29 is 5.11 Å². The second kappa shape index (κ2) is 3.25. The van der Waals surface area contributed by atoms with Crippen LogP contribution in [0.15, 0.2) is 18.5 Å². The molecular formula is C9H7N3O. The number of hydrogen-bond acceptors (Lipinski definition) is 3. The number of aromatic nitrogens is 3. The second-order valence-corrected chi connectivity index (χ2v) is 2.49. The van der Waals surface area contributed by atoms with Crippen LogP contribution in [0.5, 0.6) is 0 Å². The molecule has 0 saturated heterocycles. The molecule has 0 unspecified atom stereocenters. The van der Waals surface area contributed by atoms with Crippen LogP contribution in [-0.2, 0) is 0 Å². The van der Waals surface area contributed by atoms with Crippen molar-refractivity contribution in [3.05, 3.63) is 24.0 Å². The molecular weight excluding hydrogens is 166 g/mol. The maximum Gasteiger partial charge on any atom is 0.155 e. The van der Waals surface area contributed by atoms with Crippen LogP contribution in [0, 0.1) is 11.8 Å². The number of pyridine rings is 1. The van der Waals surface area contributed by atoms with Crippen molar-refractivity contribution in [3.8, 4) is 11.8 Å². The van der Waals surface area contributed by atoms with Crippen molar-refractivity contribution in [2.75, 3.05) is 6.61 Å². The highest BCUT2D eigenvalue weighted by Crippen LogP contribution is 2.08. The van der Waals surface area contributed by atoms with E-state index in [1.807, 2.05) is 6.07 Å². The van der Waals surface area contributed by atoms with Crippen LogP contribution in [0.25, 0.3) is 11.0 Å². The Balaban J connectivity index is 2.48. The number of fused-ring (bicyclic) bond motifs is 1. The molecule has 0 amide bonds. The first-order chi connectivity index (χ1) is 6.40. The lowest BCUT2D eigenvalue weighted by Gasteiger charge is -1.88. The minimum absolute atomic E-state index is 0.135. The Hall–Kier alpha value is -1.86. The maximum absolute atomic E-state index is 8.49. The summed E-state index contributed by atoms with van der Waals surface area (Å²) in [7, 11) is 0. The van der Waals surface area contributed by atoms with Gasteiger partial charge in [-0.25, -0.2) is 4.98 Å². The third-order valence-corrected chi connectivity index (χ3v) is 1.60. The van der Waals surface area contributed by atoms with Crippen molar-refractivity contribution in [3.63, 3.8) is 0 Å². The molecule has 0 radical (unpaired) electrons. The van der Waals surface area contributed by atoms with Gasteiger partial charge in [0.2, 0.25) is 0 Å². The van der Waals surface area contributed by atoms with E-state index in [0.29, 0.717) is 0 Å². The molecule has 0 atom stereocenters. The van der Waals surface area contributed by atoms with E-state index in [4.69, 9.17) is 5.11 Å². The molecule has 0 bridgehead atoms. The fourth-order valence-electron chi connectivity index (χ4n) is 1.05. The van der Waals surface area contributed by atoms with Gasteiger partial charge in [0, 0.05) is 17.1 Å². The zero-order valence-electron chi connectivity index (χ0n) is 6.78. The molecule has 2 aromatic heterocycles. The molecule has 0 aliphatic carbocycles. The molecule has 2 aromatic rings. The summed E-state index contributed by atoms with van der Waals surface area (Å²) in [5.41, 5.74) is 1.53. The molecule has 0 spiro atoms. The fourth-order valence-corrected chi connectivity index (χ4v) is 1.05. The van der Waals surface area contributed by atoms with E-state index < -0.39 is 0 Å². The van der Waals surface area contributed by atoms with Crippen LogP contribution in [-0.4, -0.2) is 26.9 Å². The van der Waals surface area contributed by atoms with E-state index >= 15 is 0 Å². The number of H-pyrrole nitrogens is 1. The Morgan fingerprint density at radius 2 is 2.38 bits per heavy atom. The van der Waals surface area contributed by atoms with Gasteiger partial charge in [-0.15, -0.1) is 0 Å². The predicted octanol–water partition coefficient (Wildman–Crippen LogP) is 0.302. The summed E-state index contributed by atoms with van der Waals surface area (Å²) in [6, 6.07) is 1.87. The van der Waals surface area contributed by atoms with Crippen molar-refractivity contribution in [1.82, 2.24) is 15.2 Å². The normalized spacial score (nSPS) is 9.62. The van der Waals surface area contributed by atoms with Gasteiger partial charge in [-0.05, 0) is 6.07 Å². The molecule has 0 saturated carbocycles. The van der Waals surface area contributed by atoms with Crippen molar-refractivity contribution in [2.45, 2.75) is 0 Å². The number of aliphatic hydroxyl groups is 1. The smallest absolute Gasteiger partial charge is 0.155 e. The third kappa shape index (κ3) is 1.50. The monoisotopic (exact) mass is 173 g/mol. The zero-order valence-corrected chi connectivity index (χ0v) is 6.78. The van der Waals surface area contributed by atoms with E-state index in [-0.39, 0.29) is 6.61 Å². The summed E-state index contributed by atoms with van der Waals surface area (Å²) in [6.45, 7) is -0.135. The first-order valence-electron chi connectivity index (χ1n) is 3.79. The molecule has 0 aromatic carbocycles. The van der Waals surface area contributed by atoms with Crippen LogP contribution in [0.1, 0.15) is 5.56 Å². The van der Waals surface area contributed by atoms with Gasteiger partial charge in [0.25, 0.3) is 0 Å². The summed E-state index contributed by atoms with van der Waals surface area (Å²) in [6.07, 6.45) is 3.33. The second-order valence-electron chi connectivity index (χ2n) is 2.49. The molecule has 2 heterocycles. The summed E-state index contributed by atoms with van der Waals surface area (Å²) in [4.78, 5) is 4.09. The molecule has 2 rings (SSSR count). The Morgan fingerprint density at radius 3 is 3.23 bits per heavy atom. The van der Waals surface area contributed by atoms with Crippen molar-refractivity contribution in [1.29, 1.82) is 0 Å². The molecule has 64 valence electrons. The van der Waals surface area contributed by atoms with Gasteiger partial charge in [-0.2, -0.15) is 5.10 Å². The maximum atomic E-state index is 8.49. The van der Waals surface area contributed by atoms with E-state index in [1.54, 1.807) is 12.4 Å². The Labute approximate surface area is 74.6 Å². The van der Waals surface area contributed by atoms with Crippen LogP contribution in [0.3, 0.4) is 0 Å². The lowest BCUT2D eigenvalue weighted by atomic mass is 10.2. The van der Waals surface area contributed by atoms with E-state index in [9.17, 15) is 0 Å². The quantitative estimate of drug-likeness (QED) is 0.563. The predicted molar refractivity (Wildman–Crippen MR) is 47.9 cm³/mol. The van der Waals surface area contributed by atoms with Crippen LogP contribution in [0.2, 0.25) is 0 Å².